The largest absolute Gasteiger partial charge is 0.385 e. The van der Waals surface area contributed by atoms with Crippen molar-refractivity contribution < 1.29 is 4.74 Å². The number of hydrogen-bond donors (Lipinski definition) is 2. The van der Waals surface area contributed by atoms with Crippen molar-refractivity contribution in [3.05, 3.63) is 0 Å². The van der Waals surface area contributed by atoms with E-state index in [4.69, 9.17) is 15.9 Å². The van der Waals surface area contributed by atoms with Gasteiger partial charge in [0.05, 0.1) is 6.61 Å². The Balaban J connectivity index is 1.87. The van der Waals surface area contributed by atoms with Crippen LogP contribution in [0.1, 0.15) is 32.6 Å². The van der Waals surface area contributed by atoms with Crippen molar-refractivity contribution in [1.82, 2.24) is 4.90 Å². The summed E-state index contributed by atoms with van der Waals surface area (Å²) in [4.78, 5) is 2.47. The van der Waals surface area contributed by atoms with E-state index in [0.29, 0.717) is 6.04 Å². The summed E-state index contributed by atoms with van der Waals surface area (Å²) in [5, 5.41) is 7.45. The van der Waals surface area contributed by atoms with Gasteiger partial charge in [0.2, 0.25) is 0 Å². The lowest BCUT2D eigenvalue weighted by atomic mass is 9.86. The molecule has 0 spiro atoms. The number of nitrogens with zero attached hydrogens (tertiary/aromatic N) is 1. The summed E-state index contributed by atoms with van der Waals surface area (Å²) in [6, 6.07) is 0.696. The van der Waals surface area contributed by atoms with Crippen LogP contribution in [0, 0.1) is 11.3 Å². The van der Waals surface area contributed by atoms with E-state index in [1.54, 1.807) is 0 Å². The number of hydrogen-bond acceptors (Lipinski definition) is 3. The monoisotopic (exact) mass is 225 g/mol. The molecule has 2 fully saturated rings. The molecule has 1 unspecified atom stereocenters. The fourth-order valence-corrected chi connectivity index (χ4v) is 2.80. The third-order valence-electron chi connectivity index (χ3n) is 3.95. The number of rotatable bonds is 2. The molecule has 1 aliphatic carbocycles. The third kappa shape index (κ3) is 2.74. The van der Waals surface area contributed by atoms with E-state index in [9.17, 15) is 0 Å². The van der Waals surface area contributed by atoms with Gasteiger partial charge in [-0.05, 0) is 31.6 Å². The molecule has 2 rings (SSSR count). The van der Waals surface area contributed by atoms with E-state index in [1.165, 1.54) is 25.7 Å². The molecule has 0 aromatic rings. The van der Waals surface area contributed by atoms with Crippen molar-refractivity contribution >= 4 is 5.84 Å². The highest BCUT2D eigenvalue weighted by Gasteiger charge is 2.29. The number of nitrogens with two attached hydrogens (primary N) is 1. The maximum Gasteiger partial charge on any atom is 0.127 e. The molecule has 1 heterocycles. The molecule has 0 bridgehead atoms. The van der Waals surface area contributed by atoms with Gasteiger partial charge in [0, 0.05) is 19.1 Å². The normalized spacial score (nSPS) is 37.2. The van der Waals surface area contributed by atoms with Crippen LogP contribution in [0.5, 0.6) is 0 Å². The molecule has 0 aromatic carbocycles. The minimum Gasteiger partial charge on any atom is -0.385 e. The zero-order chi connectivity index (χ0) is 11.5. The molecule has 0 radical (unpaired) electrons. The van der Waals surface area contributed by atoms with Crippen molar-refractivity contribution in [2.75, 3.05) is 19.7 Å². The summed E-state index contributed by atoms with van der Waals surface area (Å²) >= 11 is 0. The molecule has 16 heavy (non-hydrogen) atoms. The first-order chi connectivity index (χ1) is 7.66. The Morgan fingerprint density at radius 2 is 2.00 bits per heavy atom. The molecule has 1 atom stereocenters. The zero-order valence-corrected chi connectivity index (χ0v) is 10.1. The van der Waals surface area contributed by atoms with E-state index in [-0.39, 0.29) is 11.9 Å². The second-order valence-corrected chi connectivity index (χ2v) is 5.22. The van der Waals surface area contributed by atoms with Gasteiger partial charge in [-0.15, -0.1) is 0 Å². The van der Waals surface area contributed by atoms with Crippen molar-refractivity contribution in [3.8, 4) is 0 Å². The van der Waals surface area contributed by atoms with Gasteiger partial charge in [0.1, 0.15) is 11.9 Å². The molecule has 4 nitrogen and oxygen atoms in total. The number of nitrogens with one attached hydrogen (secondary N) is 1. The van der Waals surface area contributed by atoms with Gasteiger partial charge in [0.25, 0.3) is 0 Å². The molecule has 1 aliphatic heterocycles. The first-order valence-corrected chi connectivity index (χ1v) is 6.36. The minimum atomic E-state index is -0.173. The van der Waals surface area contributed by atoms with Crippen molar-refractivity contribution in [1.29, 1.82) is 5.41 Å². The molecule has 4 heteroatoms. The summed E-state index contributed by atoms with van der Waals surface area (Å²) < 4.78 is 5.49. The van der Waals surface area contributed by atoms with Crippen LogP contribution in [0.3, 0.4) is 0 Å². The lowest BCUT2D eigenvalue weighted by Crippen LogP contribution is -2.52. The van der Waals surface area contributed by atoms with Crippen molar-refractivity contribution in [2.24, 2.45) is 11.7 Å². The van der Waals surface area contributed by atoms with Crippen LogP contribution in [-0.4, -0.2) is 42.6 Å². The topological polar surface area (TPSA) is 62.3 Å². The highest BCUT2D eigenvalue weighted by atomic mass is 16.5. The maximum absolute atomic E-state index is 7.45. The second-order valence-electron chi connectivity index (χ2n) is 5.22. The number of amidine groups is 1. The Labute approximate surface area is 97.6 Å². The van der Waals surface area contributed by atoms with Gasteiger partial charge in [-0.25, -0.2) is 0 Å². The van der Waals surface area contributed by atoms with Crippen LogP contribution >= 0.6 is 0 Å². The average molecular weight is 225 g/mol. The number of morpholine rings is 1. The third-order valence-corrected chi connectivity index (χ3v) is 3.95. The van der Waals surface area contributed by atoms with Gasteiger partial charge in [-0.2, -0.15) is 0 Å². The molecule has 2 aliphatic rings. The minimum absolute atomic E-state index is 0.173. The maximum atomic E-state index is 7.45. The molecular formula is C12H23N3O. The van der Waals surface area contributed by atoms with Gasteiger partial charge < -0.3 is 10.5 Å². The van der Waals surface area contributed by atoms with Gasteiger partial charge in [-0.1, -0.05) is 6.92 Å². The van der Waals surface area contributed by atoms with Crippen LogP contribution < -0.4 is 5.73 Å². The standard InChI is InChI=1S/C12H23N3O/c1-9-2-4-10(5-3-9)15-6-7-16-11(8-15)12(13)14/h9-11H,2-8H2,1H3,(H3,13,14). The smallest absolute Gasteiger partial charge is 0.127 e. The Kier molecular flexibility index (Phi) is 3.82. The highest BCUT2D eigenvalue weighted by Crippen LogP contribution is 2.28. The molecule has 1 saturated carbocycles. The predicted molar refractivity (Wildman–Crippen MR) is 64.6 cm³/mol. The number of ether oxygens (including phenoxy) is 1. The summed E-state index contributed by atoms with van der Waals surface area (Å²) in [5.74, 6) is 1.06. The van der Waals surface area contributed by atoms with Crippen LogP contribution in [0.25, 0.3) is 0 Å². The fourth-order valence-electron chi connectivity index (χ4n) is 2.80. The van der Waals surface area contributed by atoms with Crippen molar-refractivity contribution in [2.45, 2.75) is 44.8 Å². The van der Waals surface area contributed by atoms with Crippen LogP contribution in [-0.2, 0) is 4.74 Å². The zero-order valence-electron chi connectivity index (χ0n) is 10.1. The van der Waals surface area contributed by atoms with Crippen LogP contribution in [0.15, 0.2) is 0 Å². The SMILES string of the molecule is CC1CCC(N2CCOC(C(=N)N)C2)CC1. The molecule has 0 amide bonds. The quantitative estimate of drug-likeness (QED) is 0.548. The van der Waals surface area contributed by atoms with Crippen LogP contribution in [0.2, 0.25) is 0 Å². The Hall–Kier alpha value is -0.610. The van der Waals surface area contributed by atoms with Gasteiger partial charge in [-0.3, -0.25) is 10.3 Å². The van der Waals surface area contributed by atoms with E-state index in [0.717, 1.165) is 25.6 Å². The van der Waals surface area contributed by atoms with Gasteiger partial charge in [0.15, 0.2) is 0 Å². The van der Waals surface area contributed by atoms with E-state index in [1.807, 2.05) is 0 Å². The van der Waals surface area contributed by atoms with E-state index < -0.39 is 0 Å². The fraction of sp³-hybridized carbons (Fsp3) is 0.917. The molecular weight excluding hydrogens is 202 g/mol. The second kappa shape index (κ2) is 5.15. The average Bonchev–Trinajstić information content (AvgIpc) is 2.30. The Morgan fingerprint density at radius 1 is 1.31 bits per heavy atom. The molecule has 3 N–H and O–H groups in total. The lowest BCUT2D eigenvalue weighted by molar-refractivity contribution is -0.0208. The molecule has 1 saturated heterocycles. The summed E-state index contributed by atoms with van der Waals surface area (Å²) in [5.41, 5.74) is 5.51. The first-order valence-electron chi connectivity index (χ1n) is 6.36. The highest BCUT2D eigenvalue weighted by molar-refractivity contribution is 5.82. The molecule has 92 valence electrons. The van der Waals surface area contributed by atoms with Crippen molar-refractivity contribution in [3.63, 3.8) is 0 Å². The Morgan fingerprint density at radius 3 is 2.62 bits per heavy atom. The van der Waals surface area contributed by atoms with E-state index in [2.05, 4.69) is 11.8 Å². The molecule has 0 aromatic heterocycles. The summed E-state index contributed by atoms with van der Waals surface area (Å²) in [6.45, 7) is 4.88. The van der Waals surface area contributed by atoms with E-state index >= 15 is 0 Å². The summed E-state index contributed by atoms with van der Waals surface area (Å²) in [6.07, 6.45) is 5.10. The summed E-state index contributed by atoms with van der Waals surface area (Å²) in [7, 11) is 0. The first kappa shape index (κ1) is 11.9. The lowest BCUT2D eigenvalue weighted by Gasteiger charge is -2.40. The predicted octanol–water partition coefficient (Wildman–Crippen LogP) is 1.20. The Bertz CT molecular complexity index is 249. The van der Waals surface area contributed by atoms with Gasteiger partial charge >= 0.3 is 0 Å². The van der Waals surface area contributed by atoms with Crippen LogP contribution in [0.4, 0.5) is 0 Å².